The third-order valence-corrected chi connectivity index (χ3v) is 3.97. The summed E-state index contributed by atoms with van der Waals surface area (Å²) in [4.78, 5) is 13.0. The first kappa shape index (κ1) is 18.4. The number of methoxy groups -OCH3 is 2. The van der Waals surface area contributed by atoms with Crippen LogP contribution in [0.15, 0.2) is 12.1 Å². The average molecular weight is 338 g/mol. The number of carboxylic acid groups (broad SMARTS) is 1. The molecule has 1 aromatic rings. The molecule has 24 heavy (non-hydrogen) atoms. The quantitative estimate of drug-likeness (QED) is 0.658. The monoisotopic (exact) mass is 338 g/mol. The van der Waals surface area contributed by atoms with E-state index < -0.39 is 5.97 Å². The molecule has 2 rings (SSSR count). The predicted octanol–water partition coefficient (Wildman–Crippen LogP) is 1.35. The van der Waals surface area contributed by atoms with Crippen LogP contribution in [-0.4, -0.2) is 63.0 Å². The van der Waals surface area contributed by atoms with Gasteiger partial charge in [-0.2, -0.15) is 0 Å². The van der Waals surface area contributed by atoms with Crippen LogP contribution in [0.5, 0.6) is 17.2 Å². The van der Waals surface area contributed by atoms with Gasteiger partial charge in [-0.05, 0) is 12.5 Å². The molecule has 0 unspecified atom stereocenters. The van der Waals surface area contributed by atoms with Crippen LogP contribution in [0.4, 0.5) is 0 Å². The van der Waals surface area contributed by atoms with Crippen LogP contribution >= 0.6 is 0 Å². The fourth-order valence-corrected chi connectivity index (χ4v) is 2.73. The third-order valence-electron chi connectivity index (χ3n) is 3.97. The van der Waals surface area contributed by atoms with Crippen LogP contribution in [-0.2, 0) is 11.3 Å². The fraction of sp³-hybridized carbons (Fsp3) is 0.588. The minimum Gasteiger partial charge on any atom is -0.493 e. The fourth-order valence-electron chi connectivity index (χ4n) is 2.73. The van der Waals surface area contributed by atoms with E-state index in [4.69, 9.17) is 19.3 Å². The molecule has 0 radical (unpaired) electrons. The molecular formula is C17H26N2O5. The molecule has 7 heteroatoms. The Labute approximate surface area is 142 Å². The normalized spacial score (nSPS) is 15.1. The van der Waals surface area contributed by atoms with E-state index in [2.05, 4.69) is 10.2 Å². The zero-order valence-electron chi connectivity index (χ0n) is 14.3. The number of nitrogens with one attached hydrogen (secondary N) is 1. The van der Waals surface area contributed by atoms with E-state index in [0.29, 0.717) is 30.3 Å². The molecule has 0 atom stereocenters. The van der Waals surface area contributed by atoms with Crippen molar-refractivity contribution in [2.24, 2.45) is 0 Å². The number of carboxylic acids is 1. The van der Waals surface area contributed by atoms with E-state index in [1.165, 1.54) is 0 Å². The molecule has 1 aliphatic rings. The van der Waals surface area contributed by atoms with Gasteiger partial charge in [0.25, 0.3) is 0 Å². The second-order valence-electron chi connectivity index (χ2n) is 5.66. The highest BCUT2D eigenvalue weighted by molar-refractivity contribution is 5.66. The smallest absolute Gasteiger partial charge is 0.303 e. The highest BCUT2D eigenvalue weighted by Crippen LogP contribution is 2.40. The molecule has 1 fully saturated rings. The number of hydrogen-bond donors (Lipinski definition) is 2. The second kappa shape index (κ2) is 9.34. The summed E-state index contributed by atoms with van der Waals surface area (Å²) in [7, 11) is 3.17. The average Bonchev–Trinajstić information content (AvgIpc) is 2.59. The molecule has 0 spiro atoms. The van der Waals surface area contributed by atoms with Crippen molar-refractivity contribution >= 4 is 5.97 Å². The van der Waals surface area contributed by atoms with Gasteiger partial charge in [0.1, 0.15) is 0 Å². The molecule has 0 amide bonds. The number of rotatable bonds is 9. The summed E-state index contributed by atoms with van der Waals surface area (Å²) in [6.07, 6.45) is 0.530. The molecule has 1 aliphatic heterocycles. The molecule has 1 aromatic carbocycles. The van der Waals surface area contributed by atoms with E-state index in [1.807, 2.05) is 12.1 Å². The van der Waals surface area contributed by atoms with Crippen LogP contribution in [0.25, 0.3) is 0 Å². The lowest BCUT2D eigenvalue weighted by atomic mass is 10.1. The van der Waals surface area contributed by atoms with Crippen molar-refractivity contribution in [2.75, 3.05) is 47.0 Å². The maximum Gasteiger partial charge on any atom is 0.303 e. The summed E-state index contributed by atoms with van der Waals surface area (Å²) in [5.74, 6) is 0.980. The Hall–Kier alpha value is -1.99. The number of nitrogens with zero attached hydrogens (tertiary/aromatic N) is 1. The summed E-state index contributed by atoms with van der Waals surface area (Å²) < 4.78 is 16.7. The largest absolute Gasteiger partial charge is 0.493 e. The van der Waals surface area contributed by atoms with Gasteiger partial charge in [-0.15, -0.1) is 0 Å². The molecule has 0 saturated carbocycles. The van der Waals surface area contributed by atoms with E-state index in [9.17, 15) is 4.79 Å². The number of hydrogen-bond acceptors (Lipinski definition) is 6. The summed E-state index contributed by atoms with van der Waals surface area (Å²) in [5.41, 5.74) is 1.02. The Morgan fingerprint density at radius 3 is 2.58 bits per heavy atom. The van der Waals surface area contributed by atoms with Gasteiger partial charge >= 0.3 is 5.97 Å². The van der Waals surface area contributed by atoms with Gasteiger partial charge in [0, 0.05) is 44.7 Å². The first-order chi connectivity index (χ1) is 11.7. The van der Waals surface area contributed by atoms with Crippen molar-refractivity contribution in [1.29, 1.82) is 0 Å². The van der Waals surface area contributed by atoms with Crippen molar-refractivity contribution in [3.05, 3.63) is 17.7 Å². The number of piperazine rings is 1. The minimum absolute atomic E-state index is 0.0827. The molecule has 0 bridgehead atoms. The Bertz CT molecular complexity index is 544. The number of carbonyl (C=O) groups is 1. The van der Waals surface area contributed by atoms with E-state index >= 15 is 0 Å². The van der Waals surface area contributed by atoms with Crippen LogP contribution in [0.3, 0.4) is 0 Å². The van der Waals surface area contributed by atoms with Crippen LogP contribution in [0, 0.1) is 0 Å². The lowest BCUT2D eigenvalue weighted by Crippen LogP contribution is -2.42. The van der Waals surface area contributed by atoms with Crippen molar-refractivity contribution in [3.8, 4) is 17.2 Å². The molecule has 134 valence electrons. The Balaban J connectivity index is 2.15. The molecule has 0 aliphatic carbocycles. The molecule has 7 nitrogen and oxygen atoms in total. The molecule has 2 N–H and O–H groups in total. The van der Waals surface area contributed by atoms with Gasteiger partial charge in [0.15, 0.2) is 11.5 Å². The lowest BCUT2D eigenvalue weighted by molar-refractivity contribution is -0.137. The summed E-state index contributed by atoms with van der Waals surface area (Å²) in [6, 6.07) is 3.86. The molecule has 1 heterocycles. The summed E-state index contributed by atoms with van der Waals surface area (Å²) >= 11 is 0. The Kier molecular flexibility index (Phi) is 7.14. The minimum atomic E-state index is -0.822. The molecule has 1 saturated heterocycles. The number of aliphatic carboxylic acids is 1. The number of ether oxygens (including phenoxy) is 3. The Morgan fingerprint density at radius 1 is 1.21 bits per heavy atom. The highest BCUT2D eigenvalue weighted by atomic mass is 16.5. The van der Waals surface area contributed by atoms with E-state index in [1.54, 1.807) is 14.2 Å². The van der Waals surface area contributed by atoms with E-state index in [-0.39, 0.29) is 6.42 Å². The van der Waals surface area contributed by atoms with Gasteiger partial charge in [-0.25, -0.2) is 0 Å². The maximum atomic E-state index is 10.7. The predicted molar refractivity (Wildman–Crippen MR) is 90.1 cm³/mol. The first-order valence-electron chi connectivity index (χ1n) is 8.17. The van der Waals surface area contributed by atoms with Gasteiger partial charge in [-0.1, -0.05) is 6.07 Å². The van der Waals surface area contributed by atoms with Crippen molar-refractivity contribution < 1.29 is 24.1 Å². The summed E-state index contributed by atoms with van der Waals surface area (Å²) in [5, 5.41) is 12.1. The highest BCUT2D eigenvalue weighted by Gasteiger charge is 2.19. The Morgan fingerprint density at radius 2 is 1.96 bits per heavy atom. The zero-order chi connectivity index (χ0) is 17.4. The van der Waals surface area contributed by atoms with Gasteiger partial charge in [-0.3, -0.25) is 9.69 Å². The van der Waals surface area contributed by atoms with Crippen LogP contribution in [0.2, 0.25) is 0 Å². The van der Waals surface area contributed by atoms with Crippen molar-refractivity contribution in [3.63, 3.8) is 0 Å². The van der Waals surface area contributed by atoms with Crippen molar-refractivity contribution in [1.82, 2.24) is 10.2 Å². The topological polar surface area (TPSA) is 80.3 Å². The standard InChI is InChI=1S/C17H26N2O5/c1-22-14-6-5-13(12-19-9-7-18-8-10-19)16(17(14)23-2)24-11-3-4-15(20)21/h5-6,18H,3-4,7-12H2,1-2H3,(H,20,21). The van der Waals surface area contributed by atoms with Gasteiger partial charge in [0.2, 0.25) is 5.75 Å². The third kappa shape index (κ3) is 5.01. The van der Waals surface area contributed by atoms with Gasteiger partial charge in [0.05, 0.1) is 20.8 Å². The first-order valence-corrected chi connectivity index (χ1v) is 8.17. The summed E-state index contributed by atoms with van der Waals surface area (Å²) in [6.45, 7) is 4.99. The number of benzene rings is 1. The van der Waals surface area contributed by atoms with E-state index in [0.717, 1.165) is 38.3 Å². The van der Waals surface area contributed by atoms with Crippen LogP contribution in [0.1, 0.15) is 18.4 Å². The second-order valence-corrected chi connectivity index (χ2v) is 5.66. The SMILES string of the molecule is COc1ccc(CN2CCNCC2)c(OCCCC(=O)O)c1OC. The zero-order valence-corrected chi connectivity index (χ0v) is 14.3. The molecule has 0 aromatic heterocycles. The molecular weight excluding hydrogens is 312 g/mol. The van der Waals surface area contributed by atoms with Crippen molar-refractivity contribution in [2.45, 2.75) is 19.4 Å². The van der Waals surface area contributed by atoms with Gasteiger partial charge < -0.3 is 24.6 Å². The maximum absolute atomic E-state index is 10.7. The lowest BCUT2D eigenvalue weighted by Gasteiger charge is -2.28. The van der Waals surface area contributed by atoms with Crippen LogP contribution < -0.4 is 19.5 Å².